The highest BCUT2D eigenvalue weighted by molar-refractivity contribution is 5.20. The largest absolute Gasteiger partial charge is 0.478 e. The Morgan fingerprint density at radius 1 is 1.35 bits per heavy atom. The predicted octanol–water partition coefficient (Wildman–Crippen LogP) is 1.65. The lowest BCUT2D eigenvalue weighted by Crippen LogP contribution is -2.22. The van der Waals surface area contributed by atoms with Crippen molar-refractivity contribution < 1.29 is 4.74 Å². The van der Waals surface area contributed by atoms with E-state index < -0.39 is 0 Å². The summed E-state index contributed by atoms with van der Waals surface area (Å²) in [7, 11) is 0. The van der Waals surface area contributed by atoms with Gasteiger partial charge in [-0.2, -0.15) is 0 Å². The quantitative estimate of drug-likeness (QED) is 0.699. The van der Waals surface area contributed by atoms with Crippen LogP contribution in [0, 0.1) is 0 Å². The maximum absolute atomic E-state index is 5.53. The van der Waals surface area contributed by atoms with Crippen molar-refractivity contribution in [3.8, 4) is 5.88 Å². The molecule has 0 spiro atoms. The molecule has 0 saturated heterocycles. The average molecular weight is 237 g/mol. The molecule has 0 aliphatic heterocycles. The van der Waals surface area contributed by atoms with E-state index in [0.29, 0.717) is 19.0 Å². The Balaban J connectivity index is 2.52. The number of rotatable bonds is 8. The Kier molecular flexibility index (Phi) is 6.58. The molecule has 1 aromatic rings. The topological polar surface area (TPSA) is 51.4 Å². The molecule has 0 bridgehead atoms. The third-order valence-electron chi connectivity index (χ3n) is 2.70. The summed E-state index contributed by atoms with van der Waals surface area (Å²) in [6, 6.07) is 4.04. The minimum atomic E-state index is 0.637. The molecule has 0 amide bonds. The zero-order valence-corrected chi connectivity index (χ0v) is 10.9. The van der Waals surface area contributed by atoms with E-state index >= 15 is 0 Å². The van der Waals surface area contributed by atoms with Gasteiger partial charge < -0.3 is 10.5 Å². The van der Waals surface area contributed by atoms with E-state index in [1.807, 2.05) is 12.1 Å². The molecule has 0 atom stereocenters. The molecule has 1 aromatic heterocycles. The molecule has 1 heterocycles. The first-order valence-electron chi connectivity index (χ1n) is 6.30. The minimum absolute atomic E-state index is 0.637. The summed E-state index contributed by atoms with van der Waals surface area (Å²) in [5.74, 6) is 0.697. The Hall–Kier alpha value is -1.13. The van der Waals surface area contributed by atoms with Crippen LogP contribution in [0.25, 0.3) is 0 Å². The lowest BCUT2D eigenvalue weighted by Gasteiger charge is -2.18. The van der Waals surface area contributed by atoms with Crippen LogP contribution in [0.4, 0.5) is 0 Å². The first-order chi connectivity index (χ1) is 8.30. The van der Waals surface area contributed by atoms with Crippen molar-refractivity contribution in [3.63, 3.8) is 0 Å². The van der Waals surface area contributed by atoms with Crippen LogP contribution in [-0.4, -0.2) is 36.1 Å². The van der Waals surface area contributed by atoms with Gasteiger partial charge in [0, 0.05) is 18.8 Å². The third kappa shape index (κ3) is 5.15. The molecule has 0 radical (unpaired) electrons. The number of ether oxygens (including phenoxy) is 1. The van der Waals surface area contributed by atoms with E-state index in [-0.39, 0.29) is 0 Å². The number of hydrogen-bond acceptors (Lipinski definition) is 4. The van der Waals surface area contributed by atoms with Gasteiger partial charge in [-0.25, -0.2) is 4.98 Å². The molecule has 17 heavy (non-hydrogen) atoms. The highest BCUT2D eigenvalue weighted by Gasteiger charge is 2.03. The Morgan fingerprint density at radius 2 is 2.12 bits per heavy atom. The highest BCUT2D eigenvalue weighted by atomic mass is 16.5. The number of hydrogen-bond donors (Lipinski definition) is 1. The van der Waals surface area contributed by atoms with Gasteiger partial charge >= 0.3 is 0 Å². The van der Waals surface area contributed by atoms with Gasteiger partial charge in [0.2, 0.25) is 5.88 Å². The second-order valence-corrected chi connectivity index (χ2v) is 3.95. The average Bonchev–Trinajstić information content (AvgIpc) is 2.37. The molecule has 0 fully saturated rings. The molecule has 1 rings (SSSR count). The van der Waals surface area contributed by atoms with Gasteiger partial charge in [-0.05, 0) is 37.7 Å². The zero-order chi connectivity index (χ0) is 12.5. The fraction of sp³-hybridized carbons (Fsp3) is 0.615. The summed E-state index contributed by atoms with van der Waals surface area (Å²) in [6.45, 7) is 8.69. The molecule has 0 saturated carbocycles. The lowest BCUT2D eigenvalue weighted by molar-refractivity contribution is 0.289. The molecule has 2 N–H and O–H groups in total. The van der Waals surface area contributed by atoms with E-state index in [4.69, 9.17) is 10.5 Å². The smallest absolute Gasteiger partial charge is 0.213 e. The number of pyridine rings is 1. The standard InChI is InChI=1S/C13H23N3O/c1-3-16(4-2)11-12-6-8-15-13(10-12)17-9-5-7-14/h6,8,10H,3-5,7,9,11,14H2,1-2H3. The molecule has 96 valence electrons. The van der Waals surface area contributed by atoms with Crippen LogP contribution in [0.5, 0.6) is 5.88 Å². The van der Waals surface area contributed by atoms with E-state index in [0.717, 1.165) is 26.1 Å². The van der Waals surface area contributed by atoms with E-state index in [1.54, 1.807) is 6.20 Å². The van der Waals surface area contributed by atoms with Crippen LogP contribution < -0.4 is 10.5 Å². The van der Waals surface area contributed by atoms with Gasteiger partial charge in [0.05, 0.1) is 6.61 Å². The second kappa shape index (κ2) is 8.03. The normalized spacial score (nSPS) is 10.8. The van der Waals surface area contributed by atoms with E-state index in [1.165, 1.54) is 5.56 Å². The first kappa shape index (κ1) is 13.9. The Morgan fingerprint density at radius 3 is 2.76 bits per heavy atom. The number of nitrogens with zero attached hydrogens (tertiary/aromatic N) is 2. The van der Waals surface area contributed by atoms with Gasteiger partial charge in [-0.1, -0.05) is 13.8 Å². The van der Waals surface area contributed by atoms with Crippen LogP contribution in [0.2, 0.25) is 0 Å². The summed E-state index contributed by atoms with van der Waals surface area (Å²) >= 11 is 0. The molecular weight excluding hydrogens is 214 g/mol. The van der Waals surface area contributed by atoms with Gasteiger partial charge in [0.25, 0.3) is 0 Å². The van der Waals surface area contributed by atoms with Crippen molar-refractivity contribution >= 4 is 0 Å². The Labute approximate surface area is 104 Å². The molecule has 0 aliphatic rings. The molecule has 4 heteroatoms. The molecule has 0 aromatic carbocycles. The molecular formula is C13H23N3O. The summed E-state index contributed by atoms with van der Waals surface area (Å²) < 4.78 is 5.53. The monoisotopic (exact) mass is 237 g/mol. The van der Waals surface area contributed by atoms with Crippen LogP contribution in [0.1, 0.15) is 25.8 Å². The van der Waals surface area contributed by atoms with Crippen LogP contribution >= 0.6 is 0 Å². The van der Waals surface area contributed by atoms with Crippen molar-refractivity contribution in [2.45, 2.75) is 26.8 Å². The minimum Gasteiger partial charge on any atom is -0.478 e. The van der Waals surface area contributed by atoms with Gasteiger partial charge in [0.15, 0.2) is 0 Å². The van der Waals surface area contributed by atoms with Crippen molar-refractivity contribution in [2.24, 2.45) is 5.73 Å². The summed E-state index contributed by atoms with van der Waals surface area (Å²) in [4.78, 5) is 6.55. The van der Waals surface area contributed by atoms with Crippen LogP contribution in [0.15, 0.2) is 18.3 Å². The van der Waals surface area contributed by atoms with Crippen molar-refractivity contribution in [1.82, 2.24) is 9.88 Å². The van der Waals surface area contributed by atoms with E-state index in [2.05, 4.69) is 23.7 Å². The maximum atomic E-state index is 5.53. The summed E-state index contributed by atoms with van der Waals surface area (Å²) in [6.07, 6.45) is 2.67. The van der Waals surface area contributed by atoms with Crippen molar-refractivity contribution in [3.05, 3.63) is 23.9 Å². The Bertz CT molecular complexity index is 313. The van der Waals surface area contributed by atoms with Gasteiger partial charge in [-0.15, -0.1) is 0 Å². The number of nitrogens with two attached hydrogens (primary N) is 1. The van der Waals surface area contributed by atoms with Crippen LogP contribution in [-0.2, 0) is 6.54 Å². The molecule has 4 nitrogen and oxygen atoms in total. The van der Waals surface area contributed by atoms with Gasteiger partial charge in [0.1, 0.15) is 0 Å². The van der Waals surface area contributed by atoms with Crippen molar-refractivity contribution in [1.29, 1.82) is 0 Å². The third-order valence-corrected chi connectivity index (χ3v) is 2.70. The lowest BCUT2D eigenvalue weighted by atomic mass is 10.2. The van der Waals surface area contributed by atoms with Crippen molar-refractivity contribution in [2.75, 3.05) is 26.2 Å². The van der Waals surface area contributed by atoms with Crippen LogP contribution in [0.3, 0.4) is 0 Å². The predicted molar refractivity (Wildman–Crippen MR) is 70.0 cm³/mol. The first-order valence-corrected chi connectivity index (χ1v) is 6.30. The van der Waals surface area contributed by atoms with E-state index in [9.17, 15) is 0 Å². The highest BCUT2D eigenvalue weighted by Crippen LogP contribution is 2.11. The second-order valence-electron chi connectivity index (χ2n) is 3.95. The fourth-order valence-corrected chi connectivity index (χ4v) is 1.59. The maximum Gasteiger partial charge on any atom is 0.213 e. The molecule has 0 unspecified atom stereocenters. The SMILES string of the molecule is CCN(CC)Cc1ccnc(OCCCN)c1. The fourth-order valence-electron chi connectivity index (χ4n) is 1.59. The summed E-state index contributed by atoms with van der Waals surface area (Å²) in [5, 5.41) is 0. The number of aromatic nitrogens is 1. The summed E-state index contributed by atoms with van der Waals surface area (Å²) in [5.41, 5.74) is 6.66. The zero-order valence-electron chi connectivity index (χ0n) is 10.9. The molecule has 0 aliphatic carbocycles. The van der Waals surface area contributed by atoms with Gasteiger partial charge in [-0.3, -0.25) is 4.90 Å².